The summed E-state index contributed by atoms with van der Waals surface area (Å²) in [7, 11) is -3.74. The zero-order valence-corrected chi connectivity index (χ0v) is 14.3. The summed E-state index contributed by atoms with van der Waals surface area (Å²) >= 11 is 0. The van der Waals surface area contributed by atoms with Gasteiger partial charge in [0.25, 0.3) is 11.6 Å². The fourth-order valence-electron chi connectivity index (χ4n) is 2.05. The molecule has 0 fully saturated rings. The van der Waals surface area contributed by atoms with Crippen molar-refractivity contribution >= 4 is 21.6 Å². The van der Waals surface area contributed by atoms with E-state index in [-0.39, 0.29) is 18.0 Å². The van der Waals surface area contributed by atoms with Crippen LogP contribution in [0.2, 0.25) is 0 Å². The molecule has 0 aromatic heterocycles. The van der Waals surface area contributed by atoms with E-state index in [1.807, 2.05) is 6.92 Å². The number of unbranched alkanes of at least 4 members (excludes halogenated alkanes) is 1. The summed E-state index contributed by atoms with van der Waals surface area (Å²) in [5.74, 6) is -0.975. The fourth-order valence-corrected chi connectivity index (χ4v) is 3.86. The van der Waals surface area contributed by atoms with Crippen LogP contribution in [-0.2, 0) is 21.4 Å². The van der Waals surface area contributed by atoms with E-state index in [1.165, 1.54) is 36.7 Å². The minimum atomic E-state index is -3.74. The lowest BCUT2D eigenvalue weighted by atomic mass is 10.2. The Morgan fingerprint density at radius 3 is 2.42 bits per heavy atom. The number of non-ortho nitro benzene ring substituents is 1. The van der Waals surface area contributed by atoms with Gasteiger partial charge in [0, 0.05) is 18.7 Å². The summed E-state index contributed by atoms with van der Waals surface area (Å²) in [6.07, 6.45) is 1.11. The predicted octanol–water partition coefficient (Wildman–Crippen LogP) is 1.42. The SMILES string of the molecule is CCCCS(=O)(=O)N(Cc1ccc([N+](=O)[O-])cc1)[C@@H](C)C(=O)NO. The zero-order valence-electron chi connectivity index (χ0n) is 13.5. The Bertz CT molecular complexity index is 674. The van der Waals surface area contributed by atoms with Gasteiger partial charge in [0.05, 0.1) is 10.7 Å². The summed E-state index contributed by atoms with van der Waals surface area (Å²) in [5.41, 5.74) is 1.84. The maximum atomic E-state index is 12.5. The molecule has 10 heteroatoms. The van der Waals surface area contributed by atoms with E-state index in [1.54, 1.807) is 0 Å². The molecular weight excluding hydrogens is 338 g/mol. The van der Waals surface area contributed by atoms with Gasteiger partial charge in [0.1, 0.15) is 6.04 Å². The average molecular weight is 359 g/mol. The van der Waals surface area contributed by atoms with Crippen LogP contribution in [0.25, 0.3) is 0 Å². The van der Waals surface area contributed by atoms with E-state index in [9.17, 15) is 23.3 Å². The number of benzene rings is 1. The summed E-state index contributed by atoms with van der Waals surface area (Å²) in [6, 6.07) is 4.28. The Hall–Kier alpha value is -2.04. The van der Waals surface area contributed by atoms with E-state index < -0.39 is 26.9 Å². The summed E-state index contributed by atoms with van der Waals surface area (Å²) in [4.78, 5) is 21.8. The first kappa shape index (κ1) is 20.0. The quantitative estimate of drug-likeness (QED) is 0.389. The highest BCUT2D eigenvalue weighted by atomic mass is 32.2. The fraction of sp³-hybridized carbons (Fsp3) is 0.500. The molecule has 1 aromatic rings. The van der Waals surface area contributed by atoms with Crippen LogP contribution in [0, 0.1) is 10.1 Å². The van der Waals surface area contributed by atoms with Gasteiger partial charge in [0.15, 0.2) is 0 Å². The van der Waals surface area contributed by atoms with Crippen LogP contribution < -0.4 is 5.48 Å². The van der Waals surface area contributed by atoms with Crippen molar-refractivity contribution in [2.45, 2.75) is 39.3 Å². The molecule has 1 aromatic carbocycles. The molecule has 1 amide bonds. The van der Waals surface area contributed by atoms with Gasteiger partial charge < -0.3 is 0 Å². The third kappa shape index (κ3) is 5.25. The van der Waals surface area contributed by atoms with Crippen molar-refractivity contribution in [3.8, 4) is 0 Å². The molecule has 9 nitrogen and oxygen atoms in total. The highest BCUT2D eigenvalue weighted by molar-refractivity contribution is 7.89. The highest BCUT2D eigenvalue weighted by Crippen LogP contribution is 2.18. The van der Waals surface area contributed by atoms with Crippen LogP contribution in [0.5, 0.6) is 0 Å². The maximum absolute atomic E-state index is 12.5. The molecule has 24 heavy (non-hydrogen) atoms. The number of amides is 1. The Balaban J connectivity index is 3.08. The van der Waals surface area contributed by atoms with Crippen molar-refractivity contribution in [3.05, 3.63) is 39.9 Å². The Morgan fingerprint density at radius 1 is 1.38 bits per heavy atom. The third-order valence-electron chi connectivity index (χ3n) is 3.52. The molecule has 0 aliphatic heterocycles. The van der Waals surface area contributed by atoms with Crippen LogP contribution in [0.4, 0.5) is 5.69 Å². The summed E-state index contributed by atoms with van der Waals surface area (Å²) < 4.78 is 26.0. The molecule has 1 rings (SSSR count). The second kappa shape index (κ2) is 8.71. The minimum Gasteiger partial charge on any atom is -0.289 e. The van der Waals surface area contributed by atoms with Crippen molar-refractivity contribution in [3.63, 3.8) is 0 Å². The number of hydrogen-bond acceptors (Lipinski definition) is 6. The van der Waals surface area contributed by atoms with Crippen LogP contribution in [0.15, 0.2) is 24.3 Å². The monoisotopic (exact) mass is 359 g/mol. The molecule has 0 unspecified atom stereocenters. The number of hydrogen-bond donors (Lipinski definition) is 2. The molecule has 134 valence electrons. The van der Waals surface area contributed by atoms with Crippen LogP contribution >= 0.6 is 0 Å². The number of nitrogens with one attached hydrogen (secondary N) is 1. The van der Waals surface area contributed by atoms with Gasteiger partial charge >= 0.3 is 0 Å². The van der Waals surface area contributed by atoms with E-state index >= 15 is 0 Å². The van der Waals surface area contributed by atoms with Crippen molar-refractivity contribution in [1.82, 2.24) is 9.79 Å². The van der Waals surface area contributed by atoms with Gasteiger partial charge in [-0.15, -0.1) is 0 Å². The molecule has 0 radical (unpaired) electrons. The minimum absolute atomic E-state index is 0.111. The lowest BCUT2D eigenvalue weighted by Gasteiger charge is -2.27. The first-order valence-corrected chi connectivity index (χ1v) is 9.00. The number of hydroxylamine groups is 1. The predicted molar refractivity (Wildman–Crippen MR) is 86.7 cm³/mol. The van der Waals surface area contributed by atoms with E-state index in [4.69, 9.17) is 5.21 Å². The number of nitro benzene ring substituents is 1. The van der Waals surface area contributed by atoms with Crippen LogP contribution in [0.3, 0.4) is 0 Å². The zero-order chi connectivity index (χ0) is 18.3. The average Bonchev–Trinajstić information content (AvgIpc) is 2.56. The molecule has 0 saturated carbocycles. The second-order valence-corrected chi connectivity index (χ2v) is 7.33. The first-order valence-electron chi connectivity index (χ1n) is 7.39. The summed E-state index contributed by atoms with van der Waals surface area (Å²) in [6.45, 7) is 3.08. The van der Waals surface area contributed by atoms with E-state index in [0.717, 1.165) is 4.31 Å². The van der Waals surface area contributed by atoms with E-state index in [2.05, 4.69) is 0 Å². The molecule has 0 saturated heterocycles. The van der Waals surface area contributed by atoms with Crippen molar-refractivity contribution in [2.24, 2.45) is 0 Å². The van der Waals surface area contributed by atoms with Crippen LogP contribution in [-0.4, -0.2) is 40.6 Å². The highest BCUT2D eigenvalue weighted by Gasteiger charge is 2.31. The van der Waals surface area contributed by atoms with E-state index in [0.29, 0.717) is 18.4 Å². The van der Waals surface area contributed by atoms with Crippen LogP contribution in [0.1, 0.15) is 32.3 Å². The lowest BCUT2D eigenvalue weighted by Crippen LogP contribution is -2.47. The molecular formula is C14H21N3O6S. The van der Waals surface area contributed by atoms with Gasteiger partial charge in [-0.25, -0.2) is 13.9 Å². The van der Waals surface area contributed by atoms with Gasteiger partial charge in [-0.05, 0) is 18.9 Å². The Labute approximate surface area is 140 Å². The number of nitrogens with zero attached hydrogens (tertiary/aromatic N) is 2. The maximum Gasteiger partial charge on any atom is 0.269 e. The topological polar surface area (TPSA) is 130 Å². The second-order valence-electron chi connectivity index (χ2n) is 5.29. The normalized spacial score (nSPS) is 12.8. The lowest BCUT2D eigenvalue weighted by molar-refractivity contribution is -0.384. The molecule has 2 N–H and O–H groups in total. The number of rotatable bonds is 9. The number of nitro groups is 1. The van der Waals surface area contributed by atoms with Gasteiger partial charge in [-0.1, -0.05) is 25.5 Å². The van der Waals surface area contributed by atoms with Crippen molar-refractivity contribution in [2.75, 3.05) is 5.75 Å². The summed E-state index contributed by atoms with van der Waals surface area (Å²) in [5, 5.41) is 19.4. The molecule has 1 atom stereocenters. The molecule has 0 bridgehead atoms. The molecule has 0 spiro atoms. The molecule has 0 aliphatic rings. The smallest absolute Gasteiger partial charge is 0.269 e. The molecule has 0 aliphatic carbocycles. The standard InChI is InChI=1S/C14H21N3O6S/c1-3-4-9-24(22,23)16(11(2)14(18)15-19)10-12-5-7-13(8-6-12)17(20)21/h5-8,11,19H,3-4,9-10H2,1-2H3,(H,15,18)/t11-/m0/s1. The molecule has 0 heterocycles. The first-order chi connectivity index (χ1) is 11.2. The van der Waals surface area contributed by atoms with Crippen molar-refractivity contribution < 1.29 is 23.3 Å². The van der Waals surface area contributed by atoms with Gasteiger partial charge in [-0.3, -0.25) is 20.1 Å². The largest absolute Gasteiger partial charge is 0.289 e. The van der Waals surface area contributed by atoms with Gasteiger partial charge in [-0.2, -0.15) is 4.31 Å². The number of carbonyl (C=O) groups is 1. The number of carbonyl (C=O) groups excluding carboxylic acids is 1. The Kier molecular flexibility index (Phi) is 7.26. The third-order valence-corrected chi connectivity index (χ3v) is 5.48. The van der Waals surface area contributed by atoms with Crippen molar-refractivity contribution in [1.29, 1.82) is 0 Å². The number of sulfonamides is 1. The Morgan fingerprint density at radius 2 is 1.96 bits per heavy atom. The van der Waals surface area contributed by atoms with Gasteiger partial charge in [0.2, 0.25) is 10.0 Å².